The lowest BCUT2D eigenvalue weighted by Gasteiger charge is -1.93. The first kappa shape index (κ1) is 8.06. The molecule has 2 N–H and O–H groups in total. The van der Waals surface area contributed by atoms with Crippen molar-refractivity contribution in [3.05, 3.63) is 18.0 Å². The summed E-state index contributed by atoms with van der Waals surface area (Å²) in [6.45, 7) is 1.93. The Morgan fingerprint density at radius 3 is 2.92 bits per heavy atom. The second-order valence-corrected chi connectivity index (χ2v) is 3.34. The highest BCUT2D eigenvalue weighted by atomic mass is 32.1. The third-order valence-corrected chi connectivity index (χ3v) is 2.36. The first-order valence-electron chi connectivity index (χ1n) is 3.64. The van der Waals surface area contributed by atoms with E-state index in [1.807, 2.05) is 13.0 Å². The number of hydrogen-bond donors (Lipinski definition) is 1. The third-order valence-electron chi connectivity index (χ3n) is 1.46. The Hall–Kier alpha value is -1.56. The topological polar surface area (TPSA) is 77.6 Å². The molecule has 2 heterocycles. The molecule has 0 unspecified atom stereocenters. The van der Waals surface area contributed by atoms with E-state index in [1.165, 1.54) is 11.5 Å². The van der Waals surface area contributed by atoms with Crippen molar-refractivity contribution in [1.82, 2.24) is 19.6 Å². The zero-order valence-electron chi connectivity index (χ0n) is 6.93. The maximum atomic E-state index is 5.40. The summed E-state index contributed by atoms with van der Waals surface area (Å²) in [4.78, 5) is 4.99. The van der Waals surface area contributed by atoms with Gasteiger partial charge in [0.1, 0.15) is 5.69 Å². The van der Waals surface area contributed by atoms with Gasteiger partial charge in [0.2, 0.25) is 5.95 Å². The standard InChI is InChI=1S/C7H7N5S/c1-4-2-6(13-12-4)5-3-9-11-7(8)10-5/h2-3H,1H3,(H2,8,10,11). The molecule has 2 aromatic rings. The van der Waals surface area contributed by atoms with Crippen LogP contribution >= 0.6 is 11.5 Å². The Balaban J connectivity index is 2.46. The zero-order valence-corrected chi connectivity index (χ0v) is 7.75. The molecule has 2 aromatic heterocycles. The number of nitrogens with two attached hydrogens (primary N) is 1. The van der Waals surface area contributed by atoms with Gasteiger partial charge in [-0.2, -0.15) is 9.47 Å². The number of aryl methyl sites for hydroxylation is 1. The number of nitrogens with zero attached hydrogens (tertiary/aromatic N) is 4. The van der Waals surface area contributed by atoms with Crippen LogP contribution in [-0.2, 0) is 0 Å². The highest BCUT2D eigenvalue weighted by molar-refractivity contribution is 7.09. The molecule has 0 spiro atoms. The van der Waals surface area contributed by atoms with Crippen LogP contribution in [0.3, 0.4) is 0 Å². The number of aromatic nitrogens is 4. The van der Waals surface area contributed by atoms with Crippen LogP contribution in [0.25, 0.3) is 10.6 Å². The third kappa shape index (κ3) is 1.62. The second-order valence-electron chi connectivity index (χ2n) is 2.53. The molecule has 0 bridgehead atoms. The zero-order chi connectivity index (χ0) is 9.26. The van der Waals surface area contributed by atoms with Crippen LogP contribution in [0.15, 0.2) is 12.3 Å². The molecule has 0 aliphatic rings. The second kappa shape index (κ2) is 3.06. The van der Waals surface area contributed by atoms with E-state index in [0.717, 1.165) is 16.3 Å². The van der Waals surface area contributed by atoms with Crippen molar-refractivity contribution >= 4 is 17.5 Å². The van der Waals surface area contributed by atoms with Gasteiger partial charge in [0.05, 0.1) is 16.8 Å². The van der Waals surface area contributed by atoms with Crippen molar-refractivity contribution in [2.24, 2.45) is 0 Å². The monoisotopic (exact) mass is 193 g/mol. The maximum absolute atomic E-state index is 5.40. The van der Waals surface area contributed by atoms with E-state index in [-0.39, 0.29) is 5.95 Å². The van der Waals surface area contributed by atoms with Gasteiger partial charge >= 0.3 is 0 Å². The molecule has 0 saturated heterocycles. The van der Waals surface area contributed by atoms with E-state index in [1.54, 1.807) is 6.20 Å². The van der Waals surface area contributed by atoms with E-state index >= 15 is 0 Å². The van der Waals surface area contributed by atoms with Crippen LogP contribution < -0.4 is 5.73 Å². The predicted molar refractivity (Wildman–Crippen MR) is 50.1 cm³/mol. The van der Waals surface area contributed by atoms with Crippen molar-refractivity contribution in [2.45, 2.75) is 6.92 Å². The molecule has 0 aromatic carbocycles. The normalized spacial score (nSPS) is 10.2. The minimum atomic E-state index is 0.184. The molecule has 0 aliphatic carbocycles. The van der Waals surface area contributed by atoms with Gasteiger partial charge in [0, 0.05) is 0 Å². The van der Waals surface area contributed by atoms with Crippen LogP contribution in [0.1, 0.15) is 5.69 Å². The smallest absolute Gasteiger partial charge is 0.240 e. The molecule has 0 fully saturated rings. The van der Waals surface area contributed by atoms with Crippen molar-refractivity contribution in [2.75, 3.05) is 5.73 Å². The first-order chi connectivity index (χ1) is 6.25. The molecule has 0 saturated carbocycles. The summed E-state index contributed by atoms with van der Waals surface area (Å²) in [5.74, 6) is 0.184. The highest BCUT2D eigenvalue weighted by Gasteiger charge is 2.04. The maximum Gasteiger partial charge on any atom is 0.240 e. The summed E-state index contributed by atoms with van der Waals surface area (Å²) in [5.41, 5.74) is 7.09. The lowest BCUT2D eigenvalue weighted by Crippen LogP contribution is -1.97. The minimum absolute atomic E-state index is 0.184. The lowest BCUT2D eigenvalue weighted by atomic mass is 10.3. The SMILES string of the molecule is Cc1cc(-c2cnnc(N)n2)sn1. The van der Waals surface area contributed by atoms with Gasteiger partial charge < -0.3 is 5.73 Å². The molecule has 5 nitrogen and oxygen atoms in total. The molecule has 0 amide bonds. The number of anilines is 1. The molecule has 6 heteroatoms. The molecule has 66 valence electrons. The highest BCUT2D eigenvalue weighted by Crippen LogP contribution is 2.21. The number of rotatable bonds is 1. The predicted octanol–water partition coefficient (Wildman–Crippen LogP) is 0.886. The van der Waals surface area contributed by atoms with Gasteiger partial charge in [-0.3, -0.25) is 0 Å². The van der Waals surface area contributed by atoms with Crippen LogP contribution in [0.5, 0.6) is 0 Å². The Morgan fingerprint density at radius 1 is 1.46 bits per heavy atom. The van der Waals surface area contributed by atoms with E-state index in [4.69, 9.17) is 5.73 Å². The van der Waals surface area contributed by atoms with E-state index in [2.05, 4.69) is 19.6 Å². The van der Waals surface area contributed by atoms with Crippen molar-refractivity contribution in [3.63, 3.8) is 0 Å². The lowest BCUT2D eigenvalue weighted by molar-refractivity contribution is 0.992. The van der Waals surface area contributed by atoms with Crippen molar-refractivity contribution < 1.29 is 0 Å². The van der Waals surface area contributed by atoms with Gasteiger partial charge in [0.25, 0.3) is 0 Å². The summed E-state index contributed by atoms with van der Waals surface area (Å²) in [7, 11) is 0. The van der Waals surface area contributed by atoms with Crippen LogP contribution in [-0.4, -0.2) is 19.6 Å². The summed E-state index contributed by atoms with van der Waals surface area (Å²) in [6.07, 6.45) is 1.57. The van der Waals surface area contributed by atoms with Gasteiger partial charge in [0.15, 0.2) is 0 Å². The number of nitrogen functional groups attached to an aromatic ring is 1. The summed E-state index contributed by atoms with van der Waals surface area (Å²) < 4.78 is 4.14. The molecular formula is C7H7N5S. The van der Waals surface area contributed by atoms with Crippen molar-refractivity contribution in [1.29, 1.82) is 0 Å². The van der Waals surface area contributed by atoms with Crippen LogP contribution in [0.2, 0.25) is 0 Å². The van der Waals surface area contributed by atoms with Gasteiger partial charge in [-0.25, -0.2) is 4.98 Å². The largest absolute Gasteiger partial charge is 0.366 e. The number of hydrogen-bond acceptors (Lipinski definition) is 6. The Kier molecular flexibility index (Phi) is 1.90. The fraction of sp³-hybridized carbons (Fsp3) is 0.143. The average Bonchev–Trinajstić information content (AvgIpc) is 2.52. The molecule has 13 heavy (non-hydrogen) atoms. The summed E-state index contributed by atoms with van der Waals surface area (Å²) >= 11 is 1.38. The summed E-state index contributed by atoms with van der Waals surface area (Å²) in [5, 5.41) is 7.28. The van der Waals surface area contributed by atoms with Crippen molar-refractivity contribution in [3.8, 4) is 10.6 Å². The summed E-state index contributed by atoms with van der Waals surface area (Å²) in [6, 6.07) is 1.94. The Labute approximate surface area is 78.8 Å². The van der Waals surface area contributed by atoms with E-state index in [9.17, 15) is 0 Å². The van der Waals surface area contributed by atoms with Gasteiger partial charge in [-0.1, -0.05) is 0 Å². The van der Waals surface area contributed by atoms with Gasteiger partial charge in [-0.15, -0.1) is 5.10 Å². The fourth-order valence-corrected chi connectivity index (χ4v) is 1.63. The van der Waals surface area contributed by atoms with Gasteiger partial charge in [-0.05, 0) is 24.5 Å². The average molecular weight is 193 g/mol. The molecule has 0 atom stereocenters. The molecule has 0 aliphatic heterocycles. The molecular weight excluding hydrogens is 186 g/mol. The quantitative estimate of drug-likeness (QED) is 0.727. The van der Waals surface area contributed by atoms with Crippen LogP contribution in [0.4, 0.5) is 5.95 Å². The van der Waals surface area contributed by atoms with E-state index < -0.39 is 0 Å². The van der Waals surface area contributed by atoms with E-state index in [0.29, 0.717) is 0 Å². The fourth-order valence-electron chi connectivity index (χ4n) is 0.920. The Morgan fingerprint density at radius 2 is 2.31 bits per heavy atom. The molecule has 0 radical (unpaired) electrons. The first-order valence-corrected chi connectivity index (χ1v) is 4.42. The Bertz CT molecular complexity index is 424. The molecule has 2 rings (SSSR count). The van der Waals surface area contributed by atoms with Crippen LogP contribution in [0, 0.1) is 6.92 Å². The minimum Gasteiger partial charge on any atom is -0.366 e.